The third-order valence-corrected chi connectivity index (χ3v) is 5.30. The molecule has 1 aromatic carbocycles. The monoisotopic (exact) mass is 376 g/mol. The molecule has 0 bridgehead atoms. The molecule has 0 radical (unpaired) electrons. The number of hydrogen-bond donors (Lipinski definition) is 1. The fraction of sp³-hybridized carbons (Fsp3) is 0.348. The minimum atomic E-state index is 0.702. The Morgan fingerprint density at radius 1 is 0.929 bits per heavy atom. The molecule has 2 aromatic heterocycles. The molecule has 1 fully saturated rings. The number of piperazine rings is 1. The van der Waals surface area contributed by atoms with Crippen molar-refractivity contribution in [3.05, 3.63) is 72.1 Å². The van der Waals surface area contributed by atoms with E-state index in [-0.39, 0.29) is 0 Å². The first-order chi connectivity index (χ1) is 13.8. The Kier molecular flexibility index (Phi) is 6.04. The second-order valence-electron chi connectivity index (χ2n) is 7.18. The van der Waals surface area contributed by atoms with Crippen molar-refractivity contribution in [1.29, 1.82) is 0 Å². The molecule has 1 aliphatic heterocycles. The summed E-state index contributed by atoms with van der Waals surface area (Å²) >= 11 is 0. The summed E-state index contributed by atoms with van der Waals surface area (Å²) in [6.07, 6.45) is 1.98. The highest BCUT2D eigenvalue weighted by atomic mass is 16.3. The van der Waals surface area contributed by atoms with Gasteiger partial charge in [0.25, 0.3) is 0 Å². The van der Waals surface area contributed by atoms with E-state index in [0.717, 1.165) is 62.2 Å². The molecular formula is C23H28N4O. The zero-order chi connectivity index (χ0) is 19.2. The average Bonchev–Trinajstić information content (AvgIpc) is 3.24. The van der Waals surface area contributed by atoms with Gasteiger partial charge < -0.3 is 19.5 Å². The lowest BCUT2D eigenvalue weighted by Crippen LogP contribution is -2.46. The molecule has 0 amide bonds. The van der Waals surface area contributed by atoms with Crippen LogP contribution in [0.4, 0.5) is 5.82 Å². The van der Waals surface area contributed by atoms with Crippen molar-refractivity contribution in [2.24, 2.45) is 0 Å². The maximum atomic E-state index is 5.94. The number of nitrogens with zero attached hydrogens (tertiary/aromatic N) is 3. The summed E-state index contributed by atoms with van der Waals surface area (Å²) in [6, 6.07) is 18.5. The first-order valence-corrected chi connectivity index (χ1v) is 10.1. The number of furan rings is 1. The van der Waals surface area contributed by atoms with Crippen LogP contribution in [0, 0.1) is 0 Å². The van der Waals surface area contributed by atoms with E-state index in [9.17, 15) is 0 Å². The number of hydrogen-bond acceptors (Lipinski definition) is 5. The summed E-state index contributed by atoms with van der Waals surface area (Å²) in [6.45, 7) is 9.19. The molecule has 1 aliphatic rings. The summed E-state index contributed by atoms with van der Waals surface area (Å²) in [7, 11) is 0. The van der Waals surface area contributed by atoms with Gasteiger partial charge in [0, 0.05) is 44.5 Å². The smallest absolute Gasteiger partial charge is 0.134 e. The highest BCUT2D eigenvalue weighted by Gasteiger charge is 2.16. The van der Waals surface area contributed by atoms with E-state index >= 15 is 0 Å². The third-order valence-electron chi connectivity index (χ3n) is 5.30. The predicted octanol–water partition coefficient (Wildman–Crippen LogP) is 3.77. The highest BCUT2D eigenvalue weighted by molar-refractivity contribution is 5.57. The highest BCUT2D eigenvalue weighted by Crippen LogP contribution is 2.21. The lowest BCUT2D eigenvalue weighted by molar-refractivity contribution is 0.270. The molecule has 28 heavy (non-hydrogen) atoms. The van der Waals surface area contributed by atoms with Gasteiger partial charge in [0.15, 0.2) is 0 Å². The summed E-state index contributed by atoms with van der Waals surface area (Å²) in [5, 5.41) is 3.44. The first-order valence-electron chi connectivity index (χ1n) is 10.1. The van der Waals surface area contributed by atoms with Crippen LogP contribution in [0.2, 0.25) is 0 Å². The molecule has 5 heteroatoms. The Morgan fingerprint density at radius 3 is 2.46 bits per heavy atom. The number of aromatic nitrogens is 1. The van der Waals surface area contributed by atoms with Gasteiger partial charge >= 0.3 is 0 Å². The number of likely N-dealkylation sites (N-methyl/N-ethyl adjacent to an activating group) is 1. The molecule has 3 aromatic rings. The second kappa shape index (κ2) is 9.04. The molecule has 0 saturated carbocycles. The molecule has 4 rings (SSSR count). The van der Waals surface area contributed by atoms with Gasteiger partial charge in [-0.15, -0.1) is 0 Å². The van der Waals surface area contributed by atoms with Crippen LogP contribution in [0.3, 0.4) is 0 Å². The van der Waals surface area contributed by atoms with Crippen LogP contribution >= 0.6 is 0 Å². The summed E-state index contributed by atoms with van der Waals surface area (Å²) in [5.41, 5.74) is 2.29. The van der Waals surface area contributed by atoms with Gasteiger partial charge in [0.1, 0.15) is 17.3 Å². The third kappa shape index (κ3) is 4.61. The first kappa shape index (κ1) is 18.7. The molecule has 1 N–H and O–H groups in total. The van der Waals surface area contributed by atoms with Crippen molar-refractivity contribution in [2.75, 3.05) is 37.6 Å². The van der Waals surface area contributed by atoms with Gasteiger partial charge in [-0.2, -0.15) is 0 Å². The van der Waals surface area contributed by atoms with Crippen LogP contribution in [0.25, 0.3) is 11.3 Å². The second-order valence-corrected chi connectivity index (χ2v) is 7.18. The van der Waals surface area contributed by atoms with Crippen molar-refractivity contribution in [1.82, 2.24) is 15.2 Å². The van der Waals surface area contributed by atoms with E-state index in [1.165, 1.54) is 5.56 Å². The van der Waals surface area contributed by atoms with Gasteiger partial charge in [0.05, 0.1) is 6.54 Å². The normalized spacial score (nSPS) is 15.1. The molecule has 5 nitrogen and oxygen atoms in total. The van der Waals surface area contributed by atoms with Crippen LogP contribution in [-0.2, 0) is 13.1 Å². The fourth-order valence-electron chi connectivity index (χ4n) is 3.56. The van der Waals surface area contributed by atoms with Crippen molar-refractivity contribution >= 4 is 5.82 Å². The van der Waals surface area contributed by atoms with Gasteiger partial charge in [-0.25, -0.2) is 4.98 Å². The zero-order valence-corrected chi connectivity index (χ0v) is 16.5. The Hall–Kier alpha value is -2.63. The number of anilines is 1. The average molecular weight is 377 g/mol. The Balaban J connectivity index is 1.26. The molecule has 0 aliphatic carbocycles. The molecule has 0 unspecified atom stereocenters. The molecule has 146 valence electrons. The van der Waals surface area contributed by atoms with Gasteiger partial charge in [-0.05, 0) is 30.3 Å². The van der Waals surface area contributed by atoms with E-state index in [2.05, 4.69) is 51.3 Å². The van der Waals surface area contributed by atoms with Crippen LogP contribution < -0.4 is 10.2 Å². The Morgan fingerprint density at radius 2 is 1.75 bits per heavy atom. The van der Waals surface area contributed by atoms with Crippen LogP contribution in [0.5, 0.6) is 0 Å². The summed E-state index contributed by atoms with van der Waals surface area (Å²) < 4.78 is 5.94. The number of pyridine rings is 1. The largest absolute Gasteiger partial charge is 0.460 e. The van der Waals surface area contributed by atoms with Gasteiger partial charge in [-0.3, -0.25) is 0 Å². The van der Waals surface area contributed by atoms with E-state index in [4.69, 9.17) is 4.42 Å². The zero-order valence-electron chi connectivity index (χ0n) is 16.5. The predicted molar refractivity (Wildman–Crippen MR) is 113 cm³/mol. The lowest BCUT2D eigenvalue weighted by atomic mass is 10.2. The van der Waals surface area contributed by atoms with Crippen LogP contribution in [0.1, 0.15) is 18.2 Å². The van der Waals surface area contributed by atoms with Crippen LogP contribution in [0.15, 0.2) is 65.2 Å². The van der Waals surface area contributed by atoms with E-state index in [0.29, 0.717) is 6.54 Å². The van der Waals surface area contributed by atoms with Gasteiger partial charge in [0.2, 0.25) is 0 Å². The van der Waals surface area contributed by atoms with Crippen molar-refractivity contribution in [3.8, 4) is 11.3 Å². The fourth-order valence-corrected chi connectivity index (χ4v) is 3.56. The molecular weight excluding hydrogens is 348 g/mol. The van der Waals surface area contributed by atoms with Crippen molar-refractivity contribution in [2.45, 2.75) is 20.0 Å². The number of nitrogens with one attached hydrogen (secondary N) is 1. The maximum Gasteiger partial charge on any atom is 0.134 e. The van der Waals surface area contributed by atoms with E-state index < -0.39 is 0 Å². The molecule has 0 spiro atoms. The maximum absolute atomic E-state index is 5.94. The topological polar surface area (TPSA) is 44.5 Å². The van der Waals surface area contributed by atoms with Gasteiger partial charge in [-0.1, -0.05) is 43.3 Å². The van der Waals surface area contributed by atoms with Crippen molar-refractivity contribution < 1.29 is 4.42 Å². The standard InChI is InChI=1S/C23H28N4O/c1-2-26-12-14-27(15-13-26)23-11-8-19(17-25-23)16-24-18-21-9-10-22(28-21)20-6-4-3-5-7-20/h3-11,17,24H,2,12-16,18H2,1H3. The summed E-state index contributed by atoms with van der Waals surface area (Å²) in [4.78, 5) is 9.52. The van der Waals surface area contributed by atoms with E-state index in [1.54, 1.807) is 0 Å². The van der Waals surface area contributed by atoms with Crippen molar-refractivity contribution in [3.63, 3.8) is 0 Å². The molecule has 0 atom stereocenters. The quantitative estimate of drug-likeness (QED) is 0.680. The van der Waals surface area contributed by atoms with E-state index in [1.807, 2.05) is 36.5 Å². The lowest BCUT2D eigenvalue weighted by Gasteiger charge is -2.34. The minimum Gasteiger partial charge on any atom is -0.460 e. The molecule has 3 heterocycles. The minimum absolute atomic E-state index is 0.702. The Labute approximate surface area is 167 Å². The number of rotatable bonds is 7. The van der Waals surface area contributed by atoms with Crippen LogP contribution in [-0.4, -0.2) is 42.6 Å². The SMILES string of the molecule is CCN1CCN(c2ccc(CNCc3ccc(-c4ccccc4)o3)cn2)CC1. The number of benzene rings is 1. The Bertz CT molecular complexity index is 852. The summed E-state index contributed by atoms with van der Waals surface area (Å²) in [5.74, 6) is 2.93. The molecule has 1 saturated heterocycles.